The predicted molar refractivity (Wildman–Crippen MR) is 79.5 cm³/mol. The van der Waals surface area contributed by atoms with Crippen LogP contribution >= 0.6 is 0 Å². The van der Waals surface area contributed by atoms with Gasteiger partial charge in [-0.1, -0.05) is 18.6 Å². The van der Waals surface area contributed by atoms with Crippen LogP contribution in [-0.4, -0.2) is 19.1 Å². The maximum absolute atomic E-state index is 12.5. The zero-order valence-electron chi connectivity index (χ0n) is 12.5. The lowest BCUT2D eigenvalue weighted by atomic mass is 9.84. The van der Waals surface area contributed by atoms with Gasteiger partial charge in [0, 0.05) is 6.04 Å². The van der Waals surface area contributed by atoms with Crippen molar-refractivity contribution in [2.24, 2.45) is 11.1 Å². The Bertz CT molecular complexity index is 472. The van der Waals surface area contributed by atoms with Gasteiger partial charge in [0.25, 0.3) is 0 Å². The third-order valence-electron chi connectivity index (χ3n) is 4.51. The molecule has 1 aliphatic carbocycles. The largest absolute Gasteiger partial charge is 0.497 e. The highest BCUT2D eigenvalue weighted by atomic mass is 16.5. The molecule has 0 heterocycles. The molecule has 2 unspecified atom stereocenters. The van der Waals surface area contributed by atoms with Crippen LogP contribution in [0.1, 0.15) is 44.7 Å². The Hall–Kier alpha value is -1.55. The number of ether oxygens (including phenoxy) is 1. The van der Waals surface area contributed by atoms with Crippen molar-refractivity contribution in [3.05, 3.63) is 29.8 Å². The molecule has 2 rings (SSSR count). The second kappa shape index (κ2) is 5.83. The number of hydrogen-bond donors (Lipinski definition) is 2. The highest BCUT2D eigenvalue weighted by molar-refractivity contribution is 5.83. The topological polar surface area (TPSA) is 64.3 Å². The zero-order chi connectivity index (χ0) is 14.8. The minimum absolute atomic E-state index is 0.0296. The second-order valence-corrected chi connectivity index (χ2v) is 5.88. The molecule has 1 amide bonds. The van der Waals surface area contributed by atoms with Crippen molar-refractivity contribution >= 4 is 5.91 Å². The summed E-state index contributed by atoms with van der Waals surface area (Å²) in [5.74, 6) is 0.878. The van der Waals surface area contributed by atoms with Gasteiger partial charge in [-0.3, -0.25) is 4.79 Å². The average molecular weight is 276 g/mol. The van der Waals surface area contributed by atoms with E-state index in [0.717, 1.165) is 30.6 Å². The van der Waals surface area contributed by atoms with Crippen molar-refractivity contribution in [1.29, 1.82) is 0 Å². The summed E-state index contributed by atoms with van der Waals surface area (Å²) < 4.78 is 5.14. The second-order valence-electron chi connectivity index (χ2n) is 5.88. The molecule has 0 aromatic heterocycles. The Balaban J connectivity index is 2.03. The van der Waals surface area contributed by atoms with E-state index in [2.05, 4.69) is 5.32 Å². The highest BCUT2D eigenvalue weighted by Gasteiger charge is 2.43. The monoisotopic (exact) mass is 276 g/mol. The summed E-state index contributed by atoms with van der Waals surface area (Å²) in [6.45, 7) is 3.96. The number of benzene rings is 1. The number of nitrogens with one attached hydrogen (secondary N) is 1. The summed E-state index contributed by atoms with van der Waals surface area (Å²) in [6.07, 6.45) is 2.83. The molecule has 0 spiro atoms. The molecule has 20 heavy (non-hydrogen) atoms. The maximum Gasteiger partial charge on any atom is 0.227 e. The lowest BCUT2D eigenvalue weighted by molar-refractivity contribution is -0.131. The van der Waals surface area contributed by atoms with Crippen molar-refractivity contribution < 1.29 is 9.53 Å². The summed E-state index contributed by atoms with van der Waals surface area (Å²) >= 11 is 0. The number of rotatable bonds is 4. The Kier molecular flexibility index (Phi) is 4.33. The van der Waals surface area contributed by atoms with Crippen LogP contribution in [0.25, 0.3) is 0 Å². The van der Waals surface area contributed by atoms with Gasteiger partial charge in [-0.2, -0.15) is 0 Å². The number of amides is 1. The smallest absolute Gasteiger partial charge is 0.227 e. The minimum Gasteiger partial charge on any atom is -0.497 e. The van der Waals surface area contributed by atoms with E-state index in [-0.39, 0.29) is 18.0 Å². The first-order valence-electron chi connectivity index (χ1n) is 7.18. The van der Waals surface area contributed by atoms with E-state index in [9.17, 15) is 4.79 Å². The van der Waals surface area contributed by atoms with Crippen LogP contribution in [0.15, 0.2) is 24.3 Å². The standard InChI is InChI=1S/C16H24N2O2/c1-11(12-6-8-13(20-3)9-7-12)18-15(19)16(2)10-4-5-14(16)17/h6-9,11,14H,4-5,10,17H2,1-3H3,(H,18,19)/t11-,14?,16?/m1/s1. The fraction of sp³-hybridized carbons (Fsp3) is 0.562. The molecular weight excluding hydrogens is 252 g/mol. The first-order chi connectivity index (χ1) is 9.47. The van der Waals surface area contributed by atoms with Gasteiger partial charge in [0.1, 0.15) is 5.75 Å². The molecule has 1 saturated carbocycles. The first-order valence-corrected chi connectivity index (χ1v) is 7.18. The molecule has 1 aromatic rings. The summed E-state index contributed by atoms with van der Waals surface area (Å²) in [7, 11) is 1.64. The molecule has 1 fully saturated rings. The number of hydrogen-bond acceptors (Lipinski definition) is 3. The summed E-state index contributed by atoms with van der Waals surface area (Å²) in [4.78, 5) is 12.5. The van der Waals surface area contributed by atoms with Crippen LogP contribution in [0, 0.1) is 5.41 Å². The van der Waals surface area contributed by atoms with Gasteiger partial charge in [-0.25, -0.2) is 0 Å². The quantitative estimate of drug-likeness (QED) is 0.887. The van der Waals surface area contributed by atoms with Crippen LogP contribution in [0.4, 0.5) is 0 Å². The third-order valence-corrected chi connectivity index (χ3v) is 4.51. The Morgan fingerprint density at radius 3 is 2.60 bits per heavy atom. The SMILES string of the molecule is COc1ccc([C@@H](C)NC(=O)C2(C)CCCC2N)cc1. The highest BCUT2D eigenvalue weighted by Crippen LogP contribution is 2.37. The molecule has 4 nitrogen and oxygen atoms in total. The van der Waals surface area contributed by atoms with Crippen LogP contribution in [0.3, 0.4) is 0 Å². The molecule has 110 valence electrons. The van der Waals surface area contributed by atoms with E-state index in [1.165, 1.54) is 0 Å². The van der Waals surface area contributed by atoms with Gasteiger partial charge in [-0.15, -0.1) is 0 Å². The molecule has 1 aliphatic rings. The summed E-state index contributed by atoms with van der Waals surface area (Å²) in [5.41, 5.74) is 6.72. The maximum atomic E-state index is 12.5. The van der Waals surface area contributed by atoms with Gasteiger partial charge in [0.05, 0.1) is 18.6 Å². The van der Waals surface area contributed by atoms with Gasteiger partial charge >= 0.3 is 0 Å². The zero-order valence-corrected chi connectivity index (χ0v) is 12.5. The molecular formula is C16H24N2O2. The summed E-state index contributed by atoms with van der Waals surface area (Å²) in [6, 6.07) is 7.69. The molecule has 3 N–H and O–H groups in total. The van der Waals surface area contributed by atoms with Crippen molar-refractivity contribution in [3.63, 3.8) is 0 Å². The van der Waals surface area contributed by atoms with Crippen LogP contribution in [0.2, 0.25) is 0 Å². The fourth-order valence-corrected chi connectivity index (χ4v) is 2.81. The van der Waals surface area contributed by atoms with Crippen LogP contribution in [-0.2, 0) is 4.79 Å². The van der Waals surface area contributed by atoms with E-state index in [0.29, 0.717) is 0 Å². The Labute approximate surface area is 120 Å². The van der Waals surface area contributed by atoms with Gasteiger partial charge in [-0.05, 0) is 44.4 Å². The molecule has 0 aliphatic heterocycles. The van der Waals surface area contributed by atoms with Gasteiger partial charge in [0.15, 0.2) is 0 Å². The van der Waals surface area contributed by atoms with E-state index >= 15 is 0 Å². The third kappa shape index (κ3) is 2.80. The molecule has 3 atom stereocenters. The van der Waals surface area contributed by atoms with Crippen LogP contribution < -0.4 is 15.8 Å². The van der Waals surface area contributed by atoms with Crippen molar-refractivity contribution in [2.75, 3.05) is 7.11 Å². The van der Waals surface area contributed by atoms with E-state index < -0.39 is 5.41 Å². The molecule has 4 heteroatoms. The van der Waals surface area contributed by atoms with E-state index in [4.69, 9.17) is 10.5 Å². The number of nitrogens with two attached hydrogens (primary N) is 1. The van der Waals surface area contributed by atoms with Gasteiger partial charge < -0.3 is 15.8 Å². The number of carbonyl (C=O) groups is 1. The number of methoxy groups -OCH3 is 1. The van der Waals surface area contributed by atoms with Crippen molar-refractivity contribution in [1.82, 2.24) is 5.32 Å². The number of carbonyl (C=O) groups excluding carboxylic acids is 1. The molecule has 0 radical (unpaired) electrons. The Morgan fingerprint density at radius 2 is 2.10 bits per heavy atom. The van der Waals surface area contributed by atoms with E-state index in [1.807, 2.05) is 38.1 Å². The van der Waals surface area contributed by atoms with E-state index in [1.54, 1.807) is 7.11 Å². The average Bonchev–Trinajstić information content (AvgIpc) is 2.80. The lowest BCUT2D eigenvalue weighted by Crippen LogP contribution is -2.47. The first kappa shape index (κ1) is 14.9. The van der Waals surface area contributed by atoms with Crippen molar-refractivity contribution in [3.8, 4) is 5.75 Å². The summed E-state index contributed by atoms with van der Waals surface area (Å²) in [5, 5.41) is 3.09. The molecule has 1 aromatic carbocycles. The van der Waals surface area contributed by atoms with Crippen LogP contribution in [0.5, 0.6) is 5.75 Å². The lowest BCUT2D eigenvalue weighted by Gasteiger charge is -2.29. The molecule has 0 bridgehead atoms. The van der Waals surface area contributed by atoms with Gasteiger partial charge in [0.2, 0.25) is 5.91 Å². The van der Waals surface area contributed by atoms with Crippen molar-refractivity contribution in [2.45, 2.75) is 45.2 Å². The normalized spacial score (nSPS) is 27.1. The Morgan fingerprint density at radius 1 is 1.45 bits per heavy atom. The minimum atomic E-state index is -0.430. The fourth-order valence-electron chi connectivity index (χ4n) is 2.81. The predicted octanol–water partition coefficient (Wildman–Crippen LogP) is 2.39. The molecule has 0 saturated heterocycles.